The molecule has 0 aromatic carbocycles. The molecule has 20 heavy (non-hydrogen) atoms. The summed E-state index contributed by atoms with van der Waals surface area (Å²) >= 11 is 0. The highest BCUT2D eigenvalue weighted by atomic mass is 16.2. The molecule has 0 aromatic heterocycles. The molecule has 1 N–H and O–H groups in total. The van der Waals surface area contributed by atoms with Gasteiger partial charge in [-0.2, -0.15) is 0 Å². The molecule has 1 unspecified atom stereocenters. The third-order valence-electron chi connectivity index (χ3n) is 4.90. The number of carbonyl (C=O) groups excluding carboxylic acids is 2. The minimum atomic E-state index is -0.687. The highest BCUT2D eigenvalue weighted by Crippen LogP contribution is 2.27. The first-order valence-electron chi connectivity index (χ1n) is 7.85. The van der Waals surface area contributed by atoms with E-state index in [2.05, 4.69) is 11.4 Å². The number of allylic oxidation sites excluding steroid dienone is 1. The maximum Gasteiger partial charge on any atom is 0.248 e. The molecule has 1 aliphatic carbocycles. The second-order valence-corrected chi connectivity index (χ2v) is 5.96. The summed E-state index contributed by atoms with van der Waals surface area (Å²) in [6.07, 6.45) is 8.04. The van der Waals surface area contributed by atoms with Crippen LogP contribution in [0, 0.1) is 0 Å². The number of rotatable bonds is 5. The van der Waals surface area contributed by atoms with E-state index in [0.29, 0.717) is 19.4 Å². The van der Waals surface area contributed by atoms with Crippen molar-refractivity contribution in [1.82, 2.24) is 10.2 Å². The van der Waals surface area contributed by atoms with Crippen molar-refractivity contribution >= 4 is 11.8 Å². The van der Waals surface area contributed by atoms with Gasteiger partial charge in [0.2, 0.25) is 11.8 Å². The zero-order valence-electron chi connectivity index (χ0n) is 12.9. The van der Waals surface area contributed by atoms with E-state index in [1.54, 1.807) is 4.90 Å². The summed E-state index contributed by atoms with van der Waals surface area (Å²) in [5.74, 6) is 0.0712. The Hall–Kier alpha value is -1.32. The van der Waals surface area contributed by atoms with Crippen LogP contribution in [-0.2, 0) is 9.59 Å². The number of nitrogens with zero attached hydrogens (tertiary/aromatic N) is 1. The van der Waals surface area contributed by atoms with Crippen molar-refractivity contribution in [3.8, 4) is 0 Å². The maximum absolute atomic E-state index is 12.8. The summed E-state index contributed by atoms with van der Waals surface area (Å²) in [7, 11) is 0. The number of amides is 2. The Balaban J connectivity index is 2.11. The fourth-order valence-electron chi connectivity index (χ4n) is 3.24. The molecule has 2 amide bonds. The third kappa shape index (κ3) is 2.60. The first-order chi connectivity index (χ1) is 9.54. The maximum atomic E-state index is 12.8. The van der Waals surface area contributed by atoms with Gasteiger partial charge in [0.25, 0.3) is 0 Å². The summed E-state index contributed by atoms with van der Waals surface area (Å²) in [6, 6.07) is -0.351. The monoisotopic (exact) mass is 278 g/mol. The molecular weight excluding hydrogens is 252 g/mol. The Morgan fingerprint density at radius 2 is 2.05 bits per heavy atom. The molecule has 1 heterocycles. The summed E-state index contributed by atoms with van der Waals surface area (Å²) < 4.78 is 0. The minimum Gasteiger partial charge on any atom is -0.340 e. The van der Waals surface area contributed by atoms with E-state index in [9.17, 15) is 9.59 Å². The van der Waals surface area contributed by atoms with Gasteiger partial charge in [-0.25, -0.2) is 0 Å². The Bertz CT molecular complexity index is 424. The molecule has 0 saturated carbocycles. The van der Waals surface area contributed by atoms with Crippen LogP contribution in [0.25, 0.3) is 0 Å². The quantitative estimate of drug-likeness (QED) is 0.785. The molecule has 4 heteroatoms. The van der Waals surface area contributed by atoms with E-state index in [1.807, 2.05) is 20.8 Å². The molecule has 0 spiro atoms. The SMILES string of the molecule is CCC1(CC)NC(=O)C(C)N(CCC2=CCCC2)C1=O. The number of carbonyl (C=O) groups is 2. The molecule has 1 fully saturated rings. The number of nitrogens with one attached hydrogen (secondary N) is 1. The van der Waals surface area contributed by atoms with Gasteiger partial charge >= 0.3 is 0 Å². The topological polar surface area (TPSA) is 49.4 Å². The highest BCUT2D eigenvalue weighted by molar-refractivity contribution is 5.99. The van der Waals surface area contributed by atoms with Gasteiger partial charge in [-0.3, -0.25) is 9.59 Å². The van der Waals surface area contributed by atoms with Crippen LogP contribution in [0.3, 0.4) is 0 Å². The van der Waals surface area contributed by atoms with Crippen LogP contribution in [0.4, 0.5) is 0 Å². The van der Waals surface area contributed by atoms with Crippen molar-refractivity contribution in [2.45, 2.75) is 70.9 Å². The first kappa shape index (κ1) is 15.1. The molecule has 1 aliphatic heterocycles. The van der Waals surface area contributed by atoms with E-state index in [0.717, 1.165) is 19.3 Å². The Labute approximate surface area is 121 Å². The van der Waals surface area contributed by atoms with E-state index in [4.69, 9.17) is 0 Å². The molecule has 4 nitrogen and oxygen atoms in total. The zero-order valence-corrected chi connectivity index (χ0v) is 12.9. The average Bonchev–Trinajstić information content (AvgIpc) is 2.96. The zero-order chi connectivity index (χ0) is 14.8. The standard InChI is InChI=1S/C16H26N2O2/c1-4-16(5-2)15(20)18(12(3)14(19)17-16)11-10-13-8-6-7-9-13/h8,12H,4-7,9-11H2,1-3H3,(H,17,19). The average molecular weight is 278 g/mol. The van der Waals surface area contributed by atoms with Gasteiger partial charge in [-0.1, -0.05) is 25.5 Å². The summed E-state index contributed by atoms with van der Waals surface area (Å²) in [5, 5.41) is 2.94. The second-order valence-electron chi connectivity index (χ2n) is 5.96. The fourth-order valence-corrected chi connectivity index (χ4v) is 3.24. The lowest BCUT2D eigenvalue weighted by molar-refractivity contribution is -0.154. The smallest absolute Gasteiger partial charge is 0.248 e. The van der Waals surface area contributed by atoms with Crippen molar-refractivity contribution in [3.05, 3.63) is 11.6 Å². The van der Waals surface area contributed by atoms with Gasteiger partial charge in [0.05, 0.1) is 0 Å². The number of hydrogen-bond acceptors (Lipinski definition) is 2. The normalized spacial score (nSPS) is 25.6. The predicted molar refractivity (Wildman–Crippen MR) is 79.2 cm³/mol. The number of piperazine rings is 1. The lowest BCUT2D eigenvalue weighted by Gasteiger charge is -2.44. The summed E-state index contributed by atoms with van der Waals surface area (Å²) in [6.45, 7) is 6.43. The van der Waals surface area contributed by atoms with E-state index in [-0.39, 0.29) is 17.9 Å². The second kappa shape index (κ2) is 5.98. The fraction of sp³-hybridized carbons (Fsp3) is 0.750. The van der Waals surface area contributed by atoms with Gasteiger partial charge in [-0.15, -0.1) is 0 Å². The first-order valence-corrected chi connectivity index (χ1v) is 7.85. The van der Waals surface area contributed by atoms with E-state index in [1.165, 1.54) is 12.0 Å². The Morgan fingerprint density at radius 1 is 1.35 bits per heavy atom. The molecule has 1 atom stereocenters. The lowest BCUT2D eigenvalue weighted by Crippen LogP contribution is -2.69. The third-order valence-corrected chi connectivity index (χ3v) is 4.90. The molecule has 112 valence electrons. The molecule has 0 aromatic rings. The predicted octanol–water partition coefficient (Wildman–Crippen LogP) is 2.39. The van der Waals surface area contributed by atoms with Crippen LogP contribution in [0.15, 0.2) is 11.6 Å². The van der Waals surface area contributed by atoms with Crippen molar-refractivity contribution in [3.63, 3.8) is 0 Å². The van der Waals surface area contributed by atoms with Gasteiger partial charge in [-0.05, 0) is 45.4 Å². The summed E-state index contributed by atoms with van der Waals surface area (Å²) in [5.41, 5.74) is 0.753. The van der Waals surface area contributed by atoms with Gasteiger partial charge in [0.15, 0.2) is 0 Å². The van der Waals surface area contributed by atoms with Crippen LogP contribution in [0.2, 0.25) is 0 Å². The van der Waals surface area contributed by atoms with Crippen molar-refractivity contribution in [1.29, 1.82) is 0 Å². The van der Waals surface area contributed by atoms with Gasteiger partial charge in [0.1, 0.15) is 11.6 Å². The minimum absolute atomic E-state index is 0.0197. The van der Waals surface area contributed by atoms with Crippen LogP contribution < -0.4 is 5.32 Å². The molecule has 0 bridgehead atoms. The van der Waals surface area contributed by atoms with Crippen molar-refractivity contribution < 1.29 is 9.59 Å². The van der Waals surface area contributed by atoms with Crippen molar-refractivity contribution in [2.24, 2.45) is 0 Å². The lowest BCUT2D eigenvalue weighted by atomic mass is 9.87. The number of hydrogen-bond donors (Lipinski definition) is 1. The molecule has 1 saturated heterocycles. The van der Waals surface area contributed by atoms with Crippen LogP contribution >= 0.6 is 0 Å². The Morgan fingerprint density at radius 3 is 2.60 bits per heavy atom. The molecule has 2 aliphatic rings. The summed E-state index contributed by atoms with van der Waals surface area (Å²) in [4.78, 5) is 26.7. The van der Waals surface area contributed by atoms with Crippen LogP contribution in [-0.4, -0.2) is 34.8 Å². The highest BCUT2D eigenvalue weighted by Gasteiger charge is 2.47. The molecule has 2 rings (SSSR count). The van der Waals surface area contributed by atoms with Crippen LogP contribution in [0.5, 0.6) is 0 Å². The van der Waals surface area contributed by atoms with Gasteiger partial charge in [0, 0.05) is 6.54 Å². The van der Waals surface area contributed by atoms with Crippen LogP contribution in [0.1, 0.15) is 59.3 Å². The molecule has 0 radical (unpaired) electrons. The largest absolute Gasteiger partial charge is 0.340 e. The molecular formula is C16H26N2O2. The van der Waals surface area contributed by atoms with E-state index < -0.39 is 5.54 Å². The van der Waals surface area contributed by atoms with E-state index >= 15 is 0 Å². The van der Waals surface area contributed by atoms with Gasteiger partial charge < -0.3 is 10.2 Å². The Kier molecular flexibility index (Phi) is 4.51. The van der Waals surface area contributed by atoms with Crippen molar-refractivity contribution in [2.75, 3.05) is 6.54 Å².